The van der Waals surface area contributed by atoms with Gasteiger partial charge < -0.3 is 10.1 Å². The molecule has 4 nitrogen and oxygen atoms in total. The van der Waals surface area contributed by atoms with Crippen LogP contribution in [-0.2, 0) is 4.79 Å². The molecule has 1 aliphatic rings. The molecule has 1 aromatic carbocycles. The summed E-state index contributed by atoms with van der Waals surface area (Å²) < 4.78 is 5.68. The van der Waals surface area contributed by atoms with Crippen LogP contribution in [0.3, 0.4) is 0 Å². The monoisotopic (exact) mass is 298 g/mol. The average Bonchev–Trinajstić information content (AvgIpc) is 2.81. The third kappa shape index (κ3) is 3.75. The van der Waals surface area contributed by atoms with E-state index >= 15 is 0 Å². The van der Waals surface area contributed by atoms with Crippen molar-refractivity contribution in [3.8, 4) is 5.75 Å². The van der Waals surface area contributed by atoms with Crippen molar-refractivity contribution in [3.05, 3.63) is 36.5 Å². The lowest BCUT2D eigenvalue weighted by molar-refractivity contribution is -0.123. The van der Waals surface area contributed by atoms with E-state index in [4.69, 9.17) is 4.74 Å². The van der Waals surface area contributed by atoms with Crippen molar-refractivity contribution in [1.82, 2.24) is 10.3 Å². The number of aromatic nitrogens is 1. The van der Waals surface area contributed by atoms with E-state index in [0.29, 0.717) is 11.8 Å². The van der Waals surface area contributed by atoms with Crippen molar-refractivity contribution in [2.24, 2.45) is 0 Å². The summed E-state index contributed by atoms with van der Waals surface area (Å²) in [6.07, 6.45) is 8.89. The first-order chi connectivity index (χ1) is 10.8. The summed E-state index contributed by atoms with van der Waals surface area (Å²) in [7, 11) is 0. The van der Waals surface area contributed by atoms with Crippen LogP contribution in [0.15, 0.2) is 36.5 Å². The first-order valence-electron chi connectivity index (χ1n) is 8.09. The van der Waals surface area contributed by atoms with Crippen LogP contribution >= 0.6 is 0 Å². The number of nitrogens with one attached hydrogen (secondary N) is 1. The topological polar surface area (TPSA) is 51.2 Å². The van der Waals surface area contributed by atoms with Gasteiger partial charge in [-0.1, -0.05) is 43.9 Å². The normalized spacial score (nSPS) is 16.2. The van der Waals surface area contributed by atoms with Crippen LogP contribution in [0.4, 0.5) is 0 Å². The van der Waals surface area contributed by atoms with Crippen molar-refractivity contribution >= 4 is 16.8 Å². The number of nitrogens with zero attached hydrogens (tertiary/aromatic N) is 1. The number of fused-ring (bicyclic) bond motifs is 1. The largest absolute Gasteiger partial charge is 0.481 e. The molecule has 1 fully saturated rings. The lowest BCUT2D eigenvalue weighted by Crippen LogP contribution is -2.37. The molecular formula is C18H22N2O2. The van der Waals surface area contributed by atoms with Gasteiger partial charge in [0.25, 0.3) is 5.91 Å². The molecule has 0 radical (unpaired) electrons. The number of carbonyl (C=O) groups excluding carboxylic acids is 1. The second-order valence-electron chi connectivity index (χ2n) is 5.88. The minimum atomic E-state index is -0.0418. The van der Waals surface area contributed by atoms with E-state index < -0.39 is 0 Å². The predicted octanol–water partition coefficient (Wildman–Crippen LogP) is 3.45. The molecule has 1 aliphatic carbocycles. The molecule has 1 heterocycles. The third-order valence-electron chi connectivity index (χ3n) is 4.17. The van der Waals surface area contributed by atoms with Crippen molar-refractivity contribution < 1.29 is 9.53 Å². The van der Waals surface area contributed by atoms with E-state index in [0.717, 1.165) is 23.7 Å². The van der Waals surface area contributed by atoms with Crippen molar-refractivity contribution in [3.63, 3.8) is 0 Å². The Balaban J connectivity index is 1.58. The van der Waals surface area contributed by atoms with Gasteiger partial charge in [-0.25, -0.2) is 0 Å². The van der Waals surface area contributed by atoms with E-state index in [-0.39, 0.29) is 12.5 Å². The van der Waals surface area contributed by atoms with Gasteiger partial charge in [0.1, 0.15) is 11.3 Å². The summed E-state index contributed by atoms with van der Waals surface area (Å²) in [6.45, 7) is 0.0478. The molecule has 1 N–H and O–H groups in total. The van der Waals surface area contributed by atoms with Gasteiger partial charge in [0.05, 0.1) is 0 Å². The summed E-state index contributed by atoms with van der Waals surface area (Å²) in [5, 5.41) is 4.11. The molecule has 0 bridgehead atoms. The Morgan fingerprint density at radius 2 is 1.91 bits per heavy atom. The molecular weight excluding hydrogens is 276 g/mol. The molecule has 1 amide bonds. The summed E-state index contributed by atoms with van der Waals surface area (Å²) in [4.78, 5) is 16.4. The molecule has 0 saturated heterocycles. The highest BCUT2D eigenvalue weighted by Gasteiger charge is 2.15. The van der Waals surface area contributed by atoms with Crippen LogP contribution in [0.25, 0.3) is 10.9 Å². The quantitative estimate of drug-likeness (QED) is 0.880. The first kappa shape index (κ1) is 14.8. The second-order valence-corrected chi connectivity index (χ2v) is 5.88. The van der Waals surface area contributed by atoms with Gasteiger partial charge in [-0.05, 0) is 25.0 Å². The van der Waals surface area contributed by atoms with Crippen LogP contribution in [0, 0.1) is 0 Å². The zero-order valence-corrected chi connectivity index (χ0v) is 12.8. The van der Waals surface area contributed by atoms with Gasteiger partial charge in [0.15, 0.2) is 6.61 Å². The minimum absolute atomic E-state index is 0.0418. The lowest BCUT2D eigenvalue weighted by atomic mass is 10.1. The fourth-order valence-electron chi connectivity index (χ4n) is 3.03. The van der Waals surface area contributed by atoms with Crippen LogP contribution in [-0.4, -0.2) is 23.5 Å². The van der Waals surface area contributed by atoms with Crippen LogP contribution in [0.1, 0.15) is 38.5 Å². The first-order valence-corrected chi connectivity index (χ1v) is 8.09. The Labute approximate surface area is 130 Å². The maximum Gasteiger partial charge on any atom is 0.258 e. The van der Waals surface area contributed by atoms with E-state index in [1.54, 1.807) is 6.20 Å². The van der Waals surface area contributed by atoms with Crippen LogP contribution in [0.2, 0.25) is 0 Å². The summed E-state index contributed by atoms with van der Waals surface area (Å²) in [6, 6.07) is 9.95. The van der Waals surface area contributed by atoms with E-state index in [1.807, 2.05) is 30.3 Å². The number of para-hydroxylation sites is 1. The summed E-state index contributed by atoms with van der Waals surface area (Å²) >= 11 is 0. The van der Waals surface area contributed by atoms with E-state index in [9.17, 15) is 4.79 Å². The molecule has 116 valence electrons. The van der Waals surface area contributed by atoms with E-state index in [1.165, 1.54) is 25.7 Å². The van der Waals surface area contributed by atoms with Gasteiger partial charge in [0, 0.05) is 17.6 Å². The molecule has 22 heavy (non-hydrogen) atoms. The van der Waals surface area contributed by atoms with Gasteiger partial charge in [0.2, 0.25) is 0 Å². The number of hydrogen-bond donors (Lipinski definition) is 1. The molecule has 3 rings (SSSR count). The van der Waals surface area contributed by atoms with Crippen LogP contribution in [0.5, 0.6) is 5.75 Å². The number of carbonyl (C=O) groups is 1. The highest BCUT2D eigenvalue weighted by molar-refractivity contribution is 5.85. The third-order valence-corrected chi connectivity index (χ3v) is 4.17. The van der Waals surface area contributed by atoms with Crippen molar-refractivity contribution in [2.45, 2.75) is 44.6 Å². The Bertz CT molecular complexity index is 629. The fraction of sp³-hybridized carbons (Fsp3) is 0.444. The van der Waals surface area contributed by atoms with Gasteiger partial charge >= 0.3 is 0 Å². The second kappa shape index (κ2) is 7.25. The SMILES string of the molecule is O=C(COc1cccc2cccnc12)NC1CCCCCC1. The standard InChI is InChI=1S/C18H22N2O2/c21-17(20-15-9-3-1-2-4-10-15)13-22-16-11-5-7-14-8-6-12-19-18(14)16/h5-8,11-12,15H,1-4,9-10,13H2,(H,20,21). The van der Waals surface area contributed by atoms with Gasteiger partial charge in [-0.3, -0.25) is 9.78 Å². The Kier molecular flexibility index (Phi) is 4.88. The molecule has 1 aromatic heterocycles. The number of hydrogen-bond acceptors (Lipinski definition) is 3. The summed E-state index contributed by atoms with van der Waals surface area (Å²) in [5.41, 5.74) is 0.798. The van der Waals surface area contributed by atoms with Gasteiger partial charge in [-0.2, -0.15) is 0 Å². The predicted molar refractivity (Wildman–Crippen MR) is 86.9 cm³/mol. The Morgan fingerprint density at radius 1 is 1.14 bits per heavy atom. The highest BCUT2D eigenvalue weighted by atomic mass is 16.5. The number of ether oxygens (including phenoxy) is 1. The molecule has 2 aromatic rings. The van der Waals surface area contributed by atoms with Crippen molar-refractivity contribution in [1.29, 1.82) is 0 Å². The number of benzene rings is 1. The minimum Gasteiger partial charge on any atom is -0.481 e. The molecule has 0 unspecified atom stereocenters. The zero-order valence-electron chi connectivity index (χ0n) is 12.8. The van der Waals surface area contributed by atoms with Gasteiger partial charge in [-0.15, -0.1) is 0 Å². The maximum atomic E-state index is 12.1. The molecule has 0 aliphatic heterocycles. The maximum absolute atomic E-state index is 12.1. The average molecular weight is 298 g/mol. The Morgan fingerprint density at radius 3 is 2.73 bits per heavy atom. The van der Waals surface area contributed by atoms with Crippen LogP contribution < -0.4 is 10.1 Å². The zero-order chi connectivity index (χ0) is 15.2. The fourth-order valence-corrected chi connectivity index (χ4v) is 3.03. The number of rotatable bonds is 4. The Hall–Kier alpha value is -2.10. The number of pyridine rings is 1. The lowest BCUT2D eigenvalue weighted by Gasteiger charge is -2.16. The molecule has 1 saturated carbocycles. The highest BCUT2D eigenvalue weighted by Crippen LogP contribution is 2.23. The molecule has 0 atom stereocenters. The summed E-state index contributed by atoms with van der Waals surface area (Å²) in [5.74, 6) is 0.619. The van der Waals surface area contributed by atoms with E-state index in [2.05, 4.69) is 10.3 Å². The van der Waals surface area contributed by atoms with Crippen molar-refractivity contribution in [2.75, 3.05) is 6.61 Å². The number of amides is 1. The molecule has 4 heteroatoms. The smallest absolute Gasteiger partial charge is 0.258 e. The molecule has 0 spiro atoms.